The lowest BCUT2D eigenvalue weighted by Gasteiger charge is -2.28. The Hall–Kier alpha value is -4.04. The Balaban J connectivity index is 1.46. The van der Waals surface area contributed by atoms with Crippen molar-refractivity contribution in [1.29, 1.82) is 0 Å². The van der Waals surface area contributed by atoms with E-state index >= 15 is 0 Å². The van der Waals surface area contributed by atoms with Crippen LogP contribution in [-0.2, 0) is 4.79 Å². The molecule has 0 saturated carbocycles. The van der Waals surface area contributed by atoms with Crippen LogP contribution >= 0.6 is 12.2 Å². The summed E-state index contributed by atoms with van der Waals surface area (Å²) < 4.78 is 2.21. The van der Waals surface area contributed by atoms with Crippen molar-refractivity contribution in [3.8, 4) is 5.69 Å². The molecule has 188 valence electrons. The maximum atomic E-state index is 12.9. The van der Waals surface area contributed by atoms with Gasteiger partial charge in [0.1, 0.15) is 0 Å². The summed E-state index contributed by atoms with van der Waals surface area (Å²) in [6, 6.07) is 19.7. The van der Waals surface area contributed by atoms with Crippen molar-refractivity contribution in [2.24, 2.45) is 0 Å². The zero-order valence-electron chi connectivity index (χ0n) is 21.2. The van der Waals surface area contributed by atoms with E-state index in [4.69, 9.17) is 12.2 Å². The van der Waals surface area contributed by atoms with Crippen LogP contribution in [0.25, 0.3) is 5.69 Å². The average molecular weight is 511 g/mol. The molecule has 4 aromatic rings. The maximum Gasteiger partial charge on any atom is 0.226 e. The quantitative estimate of drug-likeness (QED) is 0.333. The van der Waals surface area contributed by atoms with Gasteiger partial charge in [-0.2, -0.15) is 0 Å². The van der Waals surface area contributed by atoms with Crippen LogP contribution < -0.4 is 10.6 Å². The molecule has 0 spiro atoms. The smallest absolute Gasteiger partial charge is 0.226 e. The molecule has 0 unspecified atom stereocenters. The van der Waals surface area contributed by atoms with Crippen molar-refractivity contribution < 1.29 is 4.79 Å². The number of hydrogen-bond donors (Lipinski definition) is 2. The van der Waals surface area contributed by atoms with E-state index in [2.05, 4.69) is 56.0 Å². The Morgan fingerprint density at radius 2 is 1.92 bits per heavy atom. The molecule has 1 aliphatic heterocycles. The molecule has 1 aromatic carbocycles. The summed E-state index contributed by atoms with van der Waals surface area (Å²) >= 11 is 5.81. The molecule has 2 atom stereocenters. The second-order valence-electron chi connectivity index (χ2n) is 9.36. The Morgan fingerprint density at radius 1 is 1.05 bits per heavy atom. The number of rotatable bonds is 7. The molecule has 37 heavy (non-hydrogen) atoms. The van der Waals surface area contributed by atoms with E-state index < -0.39 is 0 Å². The molecule has 0 bridgehead atoms. The summed E-state index contributed by atoms with van der Waals surface area (Å²) in [7, 11) is 0. The molecular weight excluding hydrogens is 480 g/mol. The lowest BCUT2D eigenvalue weighted by Crippen LogP contribution is -2.32. The average Bonchev–Trinajstić information content (AvgIpc) is 3.38. The molecule has 1 fully saturated rings. The molecule has 1 aliphatic rings. The Labute approximate surface area is 222 Å². The third-order valence-corrected chi connectivity index (χ3v) is 7.12. The normalized spacial score (nSPS) is 17.1. The highest BCUT2D eigenvalue weighted by Gasteiger charge is 2.41. The number of aryl methyl sites for hydroxylation is 2. The van der Waals surface area contributed by atoms with Gasteiger partial charge in [-0.25, -0.2) is 0 Å². The minimum absolute atomic E-state index is 0.0470. The topological polar surface area (TPSA) is 75.1 Å². The first kappa shape index (κ1) is 24.6. The van der Waals surface area contributed by atoms with Gasteiger partial charge in [0, 0.05) is 42.4 Å². The highest BCUT2D eigenvalue weighted by molar-refractivity contribution is 7.80. The van der Waals surface area contributed by atoms with Gasteiger partial charge in [-0.3, -0.25) is 14.8 Å². The fourth-order valence-corrected chi connectivity index (χ4v) is 5.46. The van der Waals surface area contributed by atoms with E-state index in [0.717, 1.165) is 39.6 Å². The minimum Gasteiger partial charge on any atom is -0.352 e. The molecular formula is C29H30N6OS. The van der Waals surface area contributed by atoms with Crippen LogP contribution in [0.4, 0.5) is 5.69 Å². The first-order valence-corrected chi connectivity index (χ1v) is 12.8. The van der Waals surface area contributed by atoms with Crippen LogP contribution in [0.5, 0.6) is 0 Å². The predicted molar refractivity (Wildman–Crippen MR) is 150 cm³/mol. The van der Waals surface area contributed by atoms with Crippen LogP contribution in [0.15, 0.2) is 79.3 Å². The molecule has 1 amide bonds. The molecule has 1 saturated heterocycles. The Kier molecular flexibility index (Phi) is 7.01. The number of nitrogens with zero attached hydrogens (tertiary/aromatic N) is 4. The lowest BCUT2D eigenvalue weighted by atomic mass is 9.96. The van der Waals surface area contributed by atoms with Gasteiger partial charge < -0.3 is 20.1 Å². The van der Waals surface area contributed by atoms with Gasteiger partial charge in [-0.05, 0) is 86.6 Å². The second-order valence-corrected chi connectivity index (χ2v) is 9.75. The summed E-state index contributed by atoms with van der Waals surface area (Å²) in [6.07, 6.45) is 5.75. The third-order valence-electron chi connectivity index (χ3n) is 6.77. The van der Waals surface area contributed by atoms with E-state index in [1.54, 1.807) is 12.4 Å². The number of nitrogens with one attached hydrogen (secondary N) is 2. The number of hydrogen-bond acceptors (Lipinski definition) is 4. The van der Waals surface area contributed by atoms with Crippen molar-refractivity contribution in [3.63, 3.8) is 0 Å². The van der Waals surface area contributed by atoms with Crippen LogP contribution in [0, 0.1) is 20.8 Å². The van der Waals surface area contributed by atoms with Gasteiger partial charge in [-0.15, -0.1) is 0 Å². The standard InChI is InChI=1S/C29H30N6OS/c1-19-8-6-9-22(16-19)32-26(36)12-15-34-28(27(33-29(34)37)25-11-4-5-14-31-25)24-17-20(2)35(21(24)3)23-10-7-13-30-18-23/h4-11,13-14,16-18,27-28H,12,15H2,1-3H3,(H,32,36)(H,33,37)/t27-,28+/m1/s1. The second kappa shape index (κ2) is 10.5. The Morgan fingerprint density at radius 3 is 2.65 bits per heavy atom. The van der Waals surface area contributed by atoms with Gasteiger partial charge in [0.15, 0.2) is 5.11 Å². The largest absolute Gasteiger partial charge is 0.352 e. The number of carbonyl (C=O) groups excluding carboxylic acids is 1. The highest BCUT2D eigenvalue weighted by Crippen LogP contribution is 2.41. The Bertz CT molecular complexity index is 1420. The van der Waals surface area contributed by atoms with Gasteiger partial charge in [0.25, 0.3) is 0 Å². The first-order chi connectivity index (χ1) is 17.9. The van der Waals surface area contributed by atoms with Gasteiger partial charge >= 0.3 is 0 Å². The molecule has 5 rings (SSSR count). The van der Waals surface area contributed by atoms with Crippen LogP contribution in [-0.4, -0.2) is 37.0 Å². The zero-order valence-corrected chi connectivity index (χ0v) is 22.0. The van der Waals surface area contributed by atoms with Crippen LogP contribution in [0.1, 0.15) is 46.7 Å². The number of pyridine rings is 2. The fraction of sp³-hybridized carbons (Fsp3) is 0.241. The summed E-state index contributed by atoms with van der Waals surface area (Å²) in [5, 5.41) is 7.12. The summed E-state index contributed by atoms with van der Waals surface area (Å²) in [4.78, 5) is 23.9. The molecule has 8 heteroatoms. The monoisotopic (exact) mass is 510 g/mol. The SMILES string of the molecule is Cc1cccc(NC(=O)CCN2C(=S)N[C@H](c3ccccn3)[C@@H]2c2cc(C)n(-c3cccnc3)c2C)c1. The van der Waals surface area contributed by atoms with E-state index in [1.165, 1.54) is 0 Å². The molecule has 0 aliphatic carbocycles. The van der Waals surface area contributed by atoms with Crippen molar-refractivity contribution in [2.45, 2.75) is 39.3 Å². The van der Waals surface area contributed by atoms with Crippen molar-refractivity contribution in [1.82, 2.24) is 24.8 Å². The maximum absolute atomic E-state index is 12.9. The fourth-order valence-electron chi connectivity index (χ4n) is 5.12. The van der Waals surface area contributed by atoms with Gasteiger partial charge in [0.2, 0.25) is 5.91 Å². The first-order valence-electron chi connectivity index (χ1n) is 12.4. The molecule has 7 nitrogen and oxygen atoms in total. The lowest BCUT2D eigenvalue weighted by molar-refractivity contribution is -0.116. The summed E-state index contributed by atoms with van der Waals surface area (Å²) in [6.45, 7) is 6.71. The molecule has 0 radical (unpaired) electrons. The molecule has 2 N–H and O–H groups in total. The third kappa shape index (κ3) is 5.11. The molecule has 4 heterocycles. The van der Waals surface area contributed by atoms with Gasteiger partial charge in [0.05, 0.1) is 29.7 Å². The van der Waals surface area contributed by atoms with E-state index in [-0.39, 0.29) is 18.0 Å². The van der Waals surface area contributed by atoms with Crippen molar-refractivity contribution in [2.75, 3.05) is 11.9 Å². The van der Waals surface area contributed by atoms with Crippen molar-refractivity contribution >= 4 is 28.9 Å². The van der Waals surface area contributed by atoms with Crippen LogP contribution in [0.2, 0.25) is 0 Å². The minimum atomic E-state index is -0.142. The number of thiocarbonyl (C=S) groups is 1. The van der Waals surface area contributed by atoms with E-state index in [9.17, 15) is 4.79 Å². The predicted octanol–water partition coefficient (Wildman–Crippen LogP) is 5.19. The van der Waals surface area contributed by atoms with E-state index in [1.807, 2.05) is 61.7 Å². The highest BCUT2D eigenvalue weighted by atomic mass is 32.1. The number of amides is 1. The number of carbonyl (C=O) groups is 1. The summed E-state index contributed by atoms with van der Waals surface area (Å²) in [5.41, 5.74) is 7.18. The number of aromatic nitrogens is 3. The number of benzene rings is 1. The van der Waals surface area contributed by atoms with Gasteiger partial charge in [-0.1, -0.05) is 18.2 Å². The van der Waals surface area contributed by atoms with Crippen LogP contribution in [0.3, 0.4) is 0 Å². The van der Waals surface area contributed by atoms with E-state index in [0.29, 0.717) is 18.1 Å². The summed E-state index contributed by atoms with van der Waals surface area (Å²) in [5.74, 6) is -0.0470. The molecule has 3 aromatic heterocycles. The zero-order chi connectivity index (χ0) is 25.9. The number of anilines is 1. The van der Waals surface area contributed by atoms with Crippen molar-refractivity contribution in [3.05, 3.63) is 107 Å².